The number of anilines is 2. The quantitative estimate of drug-likeness (QED) is 0.790. The Hall–Kier alpha value is -1.22. The molecule has 2 bridgehead atoms. The average molecular weight is 231 g/mol. The Bertz CT molecular complexity index is 416. The van der Waals surface area contributed by atoms with Crippen molar-refractivity contribution in [3.05, 3.63) is 24.3 Å². The summed E-state index contributed by atoms with van der Waals surface area (Å²) in [4.78, 5) is 5.16. The highest BCUT2D eigenvalue weighted by Crippen LogP contribution is 2.35. The second-order valence-corrected chi connectivity index (χ2v) is 5.58. The predicted octanol–water partition coefficient (Wildman–Crippen LogP) is 1.94. The largest absolute Gasteiger partial charge is 0.399 e. The Morgan fingerprint density at radius 2 is 2.06 bits per heavy atom. The van der Waals surface area contributed by atoms with E-state index in [4.69, 9.17) is 5.73 Å². The molecule has 0 saturated carbocycles. The first kappa shape index (κ1) is 10.9. The van der Waals surface area contributed by atoms with Gasteiger partial charge in [-0.1, -0.05) is 6.07 Å². The summed E-state index contributed by atoms with van der Waals surface area (Å²) in [5, 5.41) is 0. The monoisotopic (exact) mass is 231 g/mol. The van der Waals surface area contributed by atoms with Crippen LogP contribution in [0.15, 0.2) is 24.3 Å². The third kappa shape index (κ3) is 1.78. The third-order valence-corrected chi connectivity index (χ3v) is 4.15. The Morgan fingerprint density at radius 1 is 1.24 bits per heavy atom. The number of nitrogens with zero attached hydrogens (tertiary/aromatic N) is 2. The molecule has 2 aliphatic heterocycles. The van der Waals surface area contributed by atoms with E-state index in [0.717, 1.165) is 18.3 Å². The van der Waals surface area contributed by atoms with Crippen molar-refractivity contribution in [2.45, 2.75) is 38.4 Å². The number of hydrogen-bond acceptors (Lipinski definition) is 3. The van der Waals surface area contributed by atoms with Crippen LogP contribution in [0.2, 0.25) is 0 Å². The van der Waals surface area contributed by atoms with E-state index in [1.54, 1.807) is 0 Å². The van der Waals surface area contributed by atoms with Crippen LogP contribution in [0.5, 0.6) is 0 Å². The summed E-state index contributed by atoms with van der Waals surface area (Å²) in [7, 11) is 0. The first-order valence-electron chi connectivity index (χ1n) is 6.53. The molecule has 1 aromatic rings. The molecular weight excluding hydrogens is 210 g/mol. The van der Waals surface area contributed by atoms with Gasteiger partial charge in [0.05, 0.1) is 0 Å². The van der Waals surface area contributed by atoms with E-state index >= 15 is 0 Å². The standard InChI is InChI=1S/C14H21N3/c1-10(2)16-8-14-7-13(16)9-17(14)12-5-3-4-11(15)6-12/h3-6,10,13-14H,7-9,15H2,1-2H3/t13-,14-/m0/s1. The van der Waals surface area contributed by atoms with Gasteiger partial charge in [0.2, 0.25) is 0 Å². The second-order valence-electron chi connectivity index (χ2n) is 5.58. The first-order chi connectivity index (χ1) is 8.15. The van der Waals surface area contributed by atoms with E-state index in [1.165, 1.54) is 18.7 Å². The molecule has 2 heterocycles. The Balaban J connectivity index is 1.78. The van der Waals surface area contributed by atoms with Gasteiger partial charge in [0, 0.05) is 42.6 Å². The minimum Gasteiger partial charge on any atom is -0.399 e. The average Bonchev–Trinajstić information content (AvgIpc) is 2.87. The molecule has 2 N–H and O–H groups in total. The number of hydrogen-bond donors (Lipinski definition) is 1. The summed E-state index contributed by atoms with van der Waals surface area (Å²) in [5.74, 6) is 0. The number of rotatable bonds is 2. The topological polar surface area (TPSA) is 32.5 Å². The lowest BCUT2D eigenvalue weighted by atomic mass is 10.2. The van der Waals surface area contributed by atoms with Crippen molar-refractivity contribution in [3.8, 4) is 0 Å². The number of piperazine rings is 1. The van der Waals surface area contributed by atoms with Crippen LogP contribution in [-0.4, -0.2) is 36.1 Å². The Morgan fingerprint density at radius 3 is 2.65 bits per heavy atom. The maximum atomic E-state index is 5.86. The molecule has 0 amide bonds. The van der Waals surface area contributed by atoms with Gasteiger partial charge < -0.3 is 10.6 Å². The van der Waals surface area contributed by atoms with Gasteiger partial charge in [0.15, 0.2) is 0 Å². The van der Waals surface area contributed by atoms with Gasteiger partial charge in [-0.2, -0.15) is 0 Å². The molecule has 0 radical (unpaired) electrons. The SMILES string of the molecule is CC(C)N1C[C@@H]2C[C@H]1CN2c1cccc(N)c1. The smallest absolute Gasteiger partial charge is 0.0433 e. The summed E-state index contributed by atoms with van der Waals surface area (Å²) in [6.45, 7) is 6.96. The minimum atomic E-state index is 0.674. The fourth-order valence-electron chi connectivity index (χ4n) is 3.35. The summed E-state index contributed by atoms with van der Waals surface area (Å²) in [5.41, 5.74) is 8.02. The molecular formula is C14H21N3. The number of nitrogens with two attached hydrogens (primary N) is 1. The number of benzene rings is 1. The molecule has 3 heteroatoms. The third-order valence-electron chi connectivity index (χ3n) is 4.15. The molecule has 1 aromatic carbocycles. The maximum absolute atomic E-state index is 5.86. The van der Waals surface area contributed by atoms with Gasteiger partial charge in [-0.3, -0.25) is 4.90 Å². The van der Waals surface area contributed by atoms with Crippen LogP contribution in [0.4, 0.5) is 11.4 Å². The second kappa shape index (κ2) is 3.91. The van der Waals surface area contributed by atoms with Gasteiger partial charge in [-0.15, -0.1) is 0 Å². The molecule has 2 aliphatic rings. The van der Waals surface area contributed by atoms with E-state index in [0.29, 0.717) is 12.1 Å². The molecule has 2 saturated heterocycles. The van der Waals surface area contributed by atoms with Gasteiger partial charge in [-0.05, 0) is 38.5 Å². The van der Waals surface area contributed by atoms with Gasteiger partial charge in [0.25, 0.3) is 0 Å². The Kier molecular flexibility index (Phi) is 2.51. The van der Waals surface area contributed by atoms with Crippen molar-refractivity contribution in [1.82, 2.24) is 4.90 Å². The van der Waals surface area contributed by atoms with E-state index in [2.05, 4.69) is 41.8 Å². The summed E-state index contributed by atoms with van der Waals surface area (Å²) in [6, 6.07) is 10.4. The van der Waals surface area contributed by atoms with E-state index < -0.39 is 0 Å². The zero-order chi connectivity index (χ0) is 12.0. The van der Waals surface area contributed by atoms with Crippen molar-refractivity contribution in [2.24, 2.45) is 0 Å². The van der Waals surface area contributed by atoms with Crippen molar-refractivity contribution in [1.29, 1.82) is 0 Å². The molecule has 2 fully saturated rings. The molecule has 17 heavy (non-hydrogen) atoms. The maximum Gasteiger partial charge on any atom is 0.0433 e. The van der Waals surface area contributed by atoms with Crippen LogP contribution in [0.25, 0.3) is 0 Å². The summed E-state index contributed by atoms with van der Waals surface area (Å²) >= 11 is 0. The zero-order valence-corrected chi connectivity index (χ0v) is 10.6. The molecule has 0 unspecified atom stereocenters. The fraction of sp³-hybridized carbons (Fsp3) is 0.571. The lowest BCUT2D eigenvalue weighted by Gasteiger charge is -2.37. The van der Waals surface area contributed by atoms with E-state index in [9.17, 15) is 0 Å². The fourth-order valence-corrected chi connectivity index (χ4v) is 3.35. The van der Waals surface area contributed by atoms with Crippen LogP contribution >= 0.6 is 0 Å². The van der Waals surface area contributed by atoms with Crippen LogP contribution in [0.3, 0.4) is 0 Å². The summed E-state index contributed by atoms with van der Waals surface area (Å²) < 4.78 is 0. The van der Waals surface area contributed by atoms with Gasteiger partial charge in [0.1, 0.15) is 0 Å². The Labute approximate surface area is 103 Å². The molecule has 0 aromatic heterocycles. The zero-order valence-electron chi connectivity index (χ0n) is 10.6. The highest BCUT2D eigenvalue weighted by atomic mass is 15.4. The number of nitrogen functional groups attached to an aromatic ring is 1. The normalized spacial score (nSPS) is 28.3. The van der Waals surface area contributed by atoms with Gasteiger partial charge in [-0.25, -0.2) is 0 Å². The highest BCUT2D eigenvalue weighted by Gasteiger charge is 2.43. The highest BCUT2D eigenvalue weighted by molar-refractivity contribution is 5.57. The minimum absolute atomic E-state index is 0.674. The predicted molar refractivity (Wildman–Crippen MR) is 72.2 cm³/mol. The van der Waals surface area contributed by atoms with Crippen molar-refractivity contribution in [3.63, 3.8) is 0 Å². The molecule has 0 spiro atoms. The summed E-state index contributed by atoms with van der Waals surface area (Å²) in [6.07, 6.45) is 1.31. The van der Waals surface area contributed by atoms with Crippen molar-refractivity contribution < 1.29 is 0 Å². The molecule has 2 atom stereocenters. The van der Waals surface area contributed by atoms with Crippen LogP contribution in [0.1, 0.15) is 20.3 Å². The molecule has 92 valence electrons. The van der Waals surface area contributed by atoms with Crippen molar-refractivity contribution in [2.75, 3.05) is 23.7 Å². The molecule has 3 nitrogen and oxygen atoms in total. The number of fused-ring (bicyclic) bond motifs is 2. The first-order valence-corrected chi connectivity index (χ1v) is 6.53. The van der Waals surface area contributed by atoms with Gasteiger partial charge >= 0.3 is 0 Å². The van der Waals surface area contributed by atoms with Crippen LogP contribution < -0.4 is 10.6 Å². The lowest BCUT2D eigenvalue weighted by Crippen LogP contribution is -2.48. The van der Waals surface area contributed by atoms with Crippen molar-refractivity contribution >= 4 is 11.4 Å². The van der Waals surface area contributed by atoms with Crippen LogP contribution in [0, 0.1) is 0 Å². The lowest BCUT2D eigenvalue weighted by molar-refractivity contribution is 0.191. The number of likely N-dealkylation sites (tertiary alicyclic amines) is 1. The molecule has 0 aliphatic carbocycles. The van der Waals surface area contributed by atoms with Crippen LogP contribution in [-0.2, 0) is 0 Å². The van der Waals surface area contributed by atoms with E-state index in [1.807, 2.05) is 6.07 Å². The van der Waals surface area contributed by atoms with E-state index in [-0.39, 0.29) is 0 Å². The molecule has 3 rings (SSSR count).